The highest BCUT2D eigenvalue weighted by Gasteiger charge is 2.25. The van der Waals surface area contributed by atoms with Crippen LogP contribution in [0.15, 0.2) is 16.9 Å². The van der Waals surface area contributed by atoms with Crippen LogP contribution in [-0.4, -0.2) is 31.4 Å². The molecular formula is C10H16N4O3. The summed E-state index contributed by atoms with van der Waals surface area (Å²) in [6.07, 6.45) is 3.54. The average molecular weight is 240 g/mol. The van der Waals surface area contributed by atoms with Crippen molar-refractivity contribution in [1.82, 2.24) is 14.8 Å². The molecule has 1 heterocycles. The summed E-state index contributed by atoms with van der Waals surface area (Å²) in [5.41, 5.74) is 3.97. The maximum absolute atomic E-state index is 11.2. The summed E-state index contributed by atoms with van der Waals surface area (Å²) in [5.74, 6) is -0.479. The summed E-state index contributed by atoms with van der Waals surface area (Å²) in [6.45, 7) is 3.49. The molecule has 0 saturated carbocycles. The molecule has 1 aromatic heterocycles. The number of aryl methyl sites for hydroxylation is 1. The molecule has 0 saturated heterocycles. The average Bonchev–Trinajstić information content (AvgIpc) is 2.54. The lowest BCUT2D eigenvalue weighted by Crippen LogP contribution is -2.44. The Morgan fingerprint density at radius 2 is 2.29 bits per heavy atom. The van der Waals surface area contributed by atoms with E-state index in [9.17, 15) is 9.59 Å². The minimum atomic E-state index is -1.28. The van der Waals surface area contributed by atoms with Gasteiger partial charge >= 0.3 is 11.7 Å². The summed E-state index contributed by atoms with van der Waals surface area (Å²) in [5, 5.41) is 14.8. The second kappa shape index (κ2) is 4.96. The number of rotatable bonds is 5. The molecule has 0 aliphatic carbocycles. The van der Waals surface area contributed by atoms with Crippen molar-refractivity contribution >= 4 is 5.97 Å². The number of nitrogens with one attached hydrogen (secondary N) is 1. The van der Waals surface area contributed by atoms with Crippen molar-refractivity contribution < 1.29 is 9.90 Å². The number of carboxylic acids is 1. The van der Waals surface area contributed by atoms with E-state index in [4.69, 9.17) is 10.8 Å². The van der Waals surface area contributed by atoms with Gasteiger partial charge in [-0.3, -0.25) is 9.36 Å². The number of aliphatic carboxylic acids is 1. The maximum atomic E-state index is 11.2. The fourth-order valence-corrected chi connectivity index (χ4v) is 1.21. The van der Waals surface area contributed by atoms with E-state index in [0.717, 1.165) is 0 Å². The Morgan fingerprint density at radius 3 is 2.76 bits per heavy atom. The van der Waals surface area contributed by atoms with Crippen LogP contribution in [0, 0.1) is 6.92 Å². The first-order valence-corrected chi connectivity index (χ1v) is 5.13. The monoisotopic (exact) mass is 240 g/mol. The van der Waals surface area contributed by atoms with Crippen LogP contribution in [0.4, 0.5) is 0 Å². The van der Waals surface area contributed by atoms with E-state index in [1.54, 1.807) is 19.1 Å². The van der Waals surface area contributed by atoms with E-state index in [-0.39, 0.29) is 12.1 Å². The number of carboxylic acid groups (broad SMARTS) is 1. The molecule has 7 nitrogen and oxygen atoms in total. The molecule has 0 spiro atoms. The molecule has 0 bridgehead atoms. The van der Waals surface area contributed by atoms with Crippen molar-refractivity contribution in [3.05, 3.63) is 28.5 Å². The van der Waals surface area contributed by atoms with Gasteiger partial charge in [0.05, 0.1) is 0 Å². The number of nitrogens with zero attached hydrogens (tertiary/aromatic N) is 2. The molecule has 7 heteroatoms. The fraction of sp³-hybridized carbons (Fsp3) is 0.500. The Kier molecular flexibility index (Phi) is 3.84. The Morgan fingerprint density at radius 1 is 1.65 bits per heavy atom. The van der Waals surface area contributed by atoms with E-state index >= 15 is 0 Å². The molecule has 0 radical (unpaired) electrons. The number of hydrogen-bond donors (Lipinski definition) is 3. The summed E-state index contributed by atoms with van der Waals surface area (Å²) >= 11 is 0. The van der Waals surface area contributed by atoms with Gasteiger partial charge in [0.1, 0.15) is 11.4 Å². The van der Waals surface area contributed by atoms with Crippen molar-refractivity contribution in [2.75, 3.05) is 0 Å². The molecule has 0 aliphatic rings. The lowest BCUT2D eigenvalue weighted by Gasteiger charge is -2.16. The van der Waals surface area contributed by atoms with Crippen LogP contribution in [0.2, 0.25) is 0 Å². The standard InChI is InChI=1S/C10H16N4O3/c1-7-12-13-9(17)14(7)6-4-3-5-10(2,11)8(15)16/h3-4H,5-6,11H2,1-2H3,(H,13,17)(H,15,16)/b4-3+. The summed E-state index contributed by atoms with van der Waals surface area (Å²) in [7, 11) is 0. The van der Waals surface area contributed by atoms with E-state index in [1.807, 2.05) is 0 Å². The third-order valence-corrected chi connectivity index (χ3v) is 2.43. The molecule has 94 valence electrons. The first kappa shape index (κ1) is 13.2. The van der Waals surface area contributed by atoms with Crippen LogP contribution in [0.25, 0.3) is 0 Å². The highest BCUT2D eigenvalue weighted by Crippen LogP contribution is 2.06. The van der Waals surface area contributed by atoms with Crippen LogP contribution >= 0.6 is 0 Å². The van der Waals surface area contributed by atoms with Gasteiger partial charge in [-0.1, -0.05) is 12.2 Å². The molecule has 1 rings (SSSR count). The summed E-state index contributed by atoms with van der Waals surface area (Å²) in [4.78, 5) is 22.0. The quantitative estimate of drug-likeness (QED) is 0.607. The van der Waals surface area contributed by atoms with Crippen LogP contribution < -0.4 is 11.4 Å². The van der Waals surface area contributed by atoms with Gasteiger partial charge in [-0.05, 0) is 20.3 Å². The van der Waals surface area contributed by atoms with Gasteiger partial charge in [-0.25, -0.2) is 9.89 Å². The van der Waals surface area contributed by atoms with Gasteiger partial charge in [-0.2, -0.15) is 5.10 Å². The Labute approximate surface area is 97.9 Å². The predicted octanol–water partition coefficient (Wildman–Crippen LogP) is -0.372. The molecule has 0 aromatic carbocycles. The minimum absolute atomic E-state index is 0.202. The third-order valence-electron chi connectivity index (χ3n) is 2.43. The van der Waals surface area contributed by atoms with Crippen LogP contribution in [-0.2, 0) is 11.3 Å². The summed E-state index contributed by atoms with van der Waals surface area (Å²) < 4.78 is 1.44. The Balaban J connectivity index is 2.58. The van der Waals surface area contributed by atoms with Gasteiger partial charge < -0.3 is 10.8 Å². The van der Waals surface area contributed by atoms with Crippen LogP contribution in [0.3, 0.4) is 0 Å². The highest BCUT2D eigenvalue weighted by molar-refractivity contribution is 5.78. The normalized spacial score (nSPS) is 15.0. The first-order chi connectivity index (χ1) is 7.84. The zero-order valence-electron chi connectivity index (χ0n) is 9.80. The number of aromatic amines is 1. The topological polar surface area (TPSA) is 114 Å². The smallest absolute Gasteiger partial charge is 0.343 e. The van der Waals surface area contributed by atoms with Gasteiger partial charge in [0.15, 0.2) is 0 Å². The molecule has 1 aromatic rings. The zero-order chi connectivity index (χ0) is 13.1. The Hall–Kier alpha value is -1.89. The van der Waals surface area contributed by atoms with Gasteiger partial charge in [-0.15, -0.1) is 0 Å². The fourth-order valence-electron chi connectivity index (χ4n) is 1.21. The molecule has 0 aliphatic heterocycles. The maximum Gasteiger partial charge on any atom is 0.343 e. The van der Waals surface area contributed by atoms with E-state index in [0.29, 0.717) is 12.4 Å². The van der Waals surface area contributed by atoms with Crippen LogP contribution in [0.5, 0.6) is 0 Å². The lowest BCUT2D eigenvalue weighted by molar-refractivity contribution is -0.142. The number of H-pyrrole nitrogens is 1. The largest absolute Gasteiger partial charge is 0.480 e. The molecule has 0 amide bonds. The van der Waals surface area contributed by atoms with Gasteiger partial charge in [0.25, 0.3) is 0 Å². The molecule has 1 atom stereocenters. The number of aromatic nitrogens is 3. The van der Waals surface area contributed by atoms with E-state index < -0.39 is 11.5 Å². The Bertz CT molecular complexity index is 484. The number of hydrogen-bond acceptors (Lipinski definition) is 4. The lowest BCUT2D eigenvalue weighted by atomic mass is 10.00. The summed E-state index contributed by atoms with van der Waals surface area (Å²) in [6, 6.07) is 0. The minimum Gasteiger partial charge on any atom is -0.480 e. The molecule has 1 unspecified atom stereocenters. The molecule has 4 N–H and O–H groups in total. The van der Waals surface area contributed by atoms with Gasteiger partial charge in [0, 0.05) is 6.54 Å². The predicted molar refractivity (Wildman–Crippen MR) is 61.6 cm³/mol. The van der Waals surface area contributed by atoms with E-state index in [1.165, 1.54) is 11.5 Å². The third kappa shape index (κ3) is 3.28. The molecule has 0 fully saturated rings. The number of nitrogens with two attached hydrogens (primary N) is 1. The van der Waals surface area contributed by atoms with Crippen molar-refractivity contribution in [2.24, 2.45) is 5.73 Å². The van der Waals surface area contributed by atoms with Crippen molar-refractivity contribution in [2.45, 2.75) is 32.4 Å². The number of carbonyl (C=O) groups is 1. The SMILES string of the molecule is Cc1n[nH]c(=O)n1C/C=C/CC(C)(N)C(=O)O. The second-order valence-corrected chi connectivity index (χ2v) is 4.08. The molecule has 17 heavy (non-hydrogen) atoms. The number of allylic oxidation sites excluding steroid dienone is 1. The van der Waals surface area contributed by atoms with Gasteiger partial charge in [0.2, 0.25) is 0 Å². The zero-order valence-corrected chi connectivity index (χ0v) is 9.80. The first-order valence-electron chi connectivity index (χ1n) is 5.13. The highest BCUT2D eigenvalue weighted by atomic mass is 16.4. The van der Waals surface area contributed by atoms with Crippen molar-refractivity contribution in [1.29, 1.82) is 0 Å². The van der Waals surface area contributed by atoms with Crippen molar-refractivity contribution in [3.63, 3.8) is 0 Å². The van der Waals surface area contributed by atoms with Crippen molar-refractivity contribution in [3.8, 4) is 0 Å². The van der Waals surface area contributed by atoms with E-state index in [2.05, 4.69) is 10.2 Å². The second-order valence-electron chi connectivity index (χ2n) is 4.08. The van der Waals surface area contributed by atoms with Crippen LogP contribution in [0.1, 0.15) is 19.2 Å². The molecular weight excluding hydrogens is 224 g/mol.